The fourth-order valence-electron chi connectivity index (χ4n) is 0.648. The van der Waals surface area contributed by atoms with Crippen LogP contribution in [0, 0.1) is 0 Å². The maximum Gasteiger partial charge on any atom is 0.412 e. The third kappa shape index (κ3) is 1.45. The summed E-state index contributed by atoms with van der Waals surface area (Å²) in [6, 6.07) is 0. The quantitative estimate of drug-likeness (QED) is 0.610. The zero-order chi connectivity index (χ0) is 8.43. The van der Waals surface area contributed by atoms with Gasteiger partial charge in [-0.05, 0) is 0 Å². The van der Waals surface area contributed by atoms with E-state index in [2.05, 4.69) is 0 Å². The van der Waals surface area contributed by atoms with Gasteiger partial charge in [0, 0.05) is 5.41 Å². The van der Waals surface area contributed by atoms with Gasteiger partial charge >= 0.3 is 12.1 Å². The Bertz CT molecular complexity index is 237. The van der Waals surface area contributed by atoms with E-state index >= 15 is 0 Å². The third-order valence-corrected chi connectivity index (χ3v) is 1.94. The maximum atomic E-state index is 10.3. The highest BCUT2D eigenvalue weighted by Crippen LogP contribution is 2.22. The van der Waals surface area contributed by atoms with E-state index in [1.165, 1.54) is 5.41 Å². The molecule has 0 saturated heterocycles. The van der Waals surface area contributed by atoms with Gasteiger partial charge in [-0.3, -0.25) is 4.90 Å². The summed E-state index contributed by atoms with van der Waals surface area (Å²) in [6.45, 7) is 0. The molecule has 11 heavy (non-hydrogen) atoms. The number of amides is 1. The first-order valence-corrected chi connectivity index (χ1v) is 3.73. The van der Waals surface area contributed by atoms with Crippen molar-refractivity contribution in [3.05, 3.63) is 11.1 Å². The molecular formula is C5H5NO4S. The summed E-state index contributed by atoms with van der Waals surface area (Å²) in [5.74, 6) is -1.05. The Morgan fingerprint density at radius 3 is 2.55 bits per heavy atom. The Morgan fingerprint density at radius 1 is 1.55 bits per heavy atom. The van der Waals surface area contributed by atoms with Gasteiger partial charge in [0.25, 0.3) is 0 Å². The summed E-state index contributed by atoms with van der Waals surface area (Å²) >= 11 is 1.15. The van der Waals surface area contributed by atoms with E-state index in [4.69, 9.17) is 10.2 Å². The lowest BCUT2D eigenvalue weighted by molar-refractivity contribution is -0.134. The Kier molecular flexibility index (Phi) is 2.04. The van der Waals surface area contributed by atoms with Crippen LogP contribution in [0.2, 0.25) is 0 Å². The van der Waals surface area contributed by atoms with E-state index in [9.17, 15) is 9.59 Å². The van der Waals surface area contributed by atoms with Crippen LogP contribution in [0.4, 0.5) is 4.79 Å². The molecule has 6 heteroatoms. The van der Waals surface area contributed by atoms with Crippen LogP contribution < -0.4 is 0 Å². The molecule has 0 atom stereocenters. The van der Waals surface area contributed by atoms with E-state index in [1.54, 1.807) is 0 Å². The van der Waals surface area contributed by atoms with E-state index < -0.39 is 12.1 Å². The minimum Gasteiger partial charge on any atom is -0.477 e. The van der Waals surface area contributed by atoms with Crippen LogP contribution >= 0.6 is 11.8 Å². The summed E-state index contributed by atoms with van der Waals surface area (Å²) in [6.07, 6.45) is -1.23. The number of hydrogen-bond donors (Lipinski definition) is 2. The first kappa shape index (κ1) is 7.93. The van der Waals surface area contributed by atoms with Crippen molar-refractivity contribution in [2.24, 2.45) is 0 Å². The summed E-state index contributed by atoms with van der Waals surface area (Å²) in [4.78, 5) is 21.4. The summed E-state index contributed by atoms with van der Waals surface area (Å²) in [5, 5.41) is 18.2. The molecule has 5 nitrogen and oxygen atoms in total. The minimum atomic E-state index is -1.23. The molecule has 0 fully saturated rings. The molecule has 0 aliphatic carbocycles. The van der Waals surface area contributed by atoms with Gasteiger partial charge in [-0.15, -0.1) is 11.8 Å². The van der Waals surface area contributed by atoms with Crippen molar-refractivity contribution in [2.45, 2.75) is 0 Å². The largest absolute Gasteiger partial charge is 0.477 e. The van der Waals surface area contributed by atoms with Crippen LogP contribution in [0.15, 0.2) is 11.1 Å². The molecule has 0 aromatic carbocycles. The molecule has 2 N–H and O–H groups in total. The molecular weight excluding hydrogens is 170 g/mol. The lowest BCUT2D eigenvalue weighted by Gasteiger charge is -2.10. The van der Waals surface area contributed by atoms with E-state index in [1.807, 2.05) is 0 Å². The van der Waals surface area contributed by atoms with Crippen LogP contribution in [0.3, 0.4) is 0 Å². The van der Waals surface area contributed by atoms with Crippen LogP contribution in [0.25, 0.3) is 0 Å². The molecule has 0 saturated carbocycles. The molecule has 0 aromatic rings. The van der Waals surface area contributed by atoms with Crippen molar-refractivity contribution in [3.63, 3.8) is 0 Å². The van der Waals surface area contributed by atoms with Gasteiger partial charge in [0.15, 0.2) is 0 Å². The lowest BCUT2D eigenvalue weighted by Crippen LogP contribution is -2.28. The van der Waals surface area contributed by atoms with Gasteiger partial charge in [-0.2, -0.15) is 0 Å². The normalized spacial score (nSPS) is 16.4. The molecule has 0 unspecified atom stereocenters. The van der Waals surface area contributed by atoms with Gasteiger partial charge in [0.1, 0.15) is 5.70 Å². The van der Waals surface area contributed by atoms with Gasteiger partial charge in [-0.1, -0.05) is 0 Å². The van der Waals surface area contributed by atoms with Crippen LogP contribution in [-0.4, -0.2) is 33.1 Å². The topological polar surface area (TPSA) is 77.8 Å². The second-order valence-corrected chi connectivity index (χ2v) is 2.64. The van der Waals surface area contributed by atoms with Crippen LogP contribution in [-0.2, 0) is 4.79 Å². The maximum absolute atomic E-state index is 10.3. The highest BCUT2D eigenvalue weighted by Gasteiger charge is 2.26. The number of nitrogens with zero attached hydrogens (tertiary/aromatic N) is 1. The number of thioether (sulfide) groups is 1. The Balaban J connectivity index is 2.79. The SMILES string of the molecule is O=C(O)C1=CSCN1C(=O)O. The molecule has 1 rings (SSSR count). The van der Waals surface area contributed by atoms with E-state index in [-0.39, 0.29) is 11.6 Å². The molecule has 0 aromatic heterocycles. The van der Waals surface area contributed by atoms with E-state index in [0.29, 0.717) is 0 Å². The van der Waals surface area contributed by atoms with E-state index in [0.717, 1.165) is 16.7 Å². The van der Waals surface area contributed by atoms with Gasteiger partial charge < -0.3 is 10.2 Å². The van der Waals surface area contributed by atoms with Gasteiger partial charge in [0.2, 0.25) is 0 Å². The second-order valence-electron chi connectivity index (χ2n) is 1.81. The third-order valence-electron chi connectivity index (χ3n) is 1.14. The van der Waals surface area contributed by atoms with Crippen LogP contribution in [0.1, 0.15) is 0 Å². The number of hydrogen-bond acceptors (Lipinski definition) is 3. The average molecular weight is 175 g/mol. The fraction of sp³-hybridized carbons (Fsp3) is 0.200. The van der Waals surface area contributed by atoms with Crippen molar-refractivity contribution in [1.82, 2.24) is 4.90 Å². The smallest absolute Gasteiger partial charge is 0.412 e. The molecule has 60 valence electrons. The predicted molar refractivity (Wildman–Crippen MR) is 38.0 cm³/mol. The zero-order valence-electron chi connectivity index (χ0n) is 5.35. The summed E-state index contributed by atoms with van der Waals surface area (Å²) < 4.78 is 0. The number of carbonyl (C=O) groups is 2. The highest BCUT2D eigenvalue weighted by molar-refractivity contribution is 8.02. The van der Waals surface area contributed by atoms with Gasteiger partial charge in [0.05, 0.1) is 5.88 Å². The average Bonchev–Trinajstić information content (AvgIpc) is 2.32. The first-order valence-electron chi connectivity index (χ1n) is 2.68. The van der Waals surface area contributed by atoms with Crippen LogP contribution in [0.5, 0.6) is 0 Å². The van der Waals surface area contributed by atoms with Crippen molar-refractivity contribution in [1.29, 1.82) is 0 Å². The Morgan fingerprint density at radius 2 is 2.18 bits per heavy atom. The lowest BCUT2D eigenvalue weighted by atomic mass is 10.4. The van der Waals surface area contributed by atoms with Crippen molar-refractivity contribution < 1.29 is 19.8 Å². The molecule has 1 heterocycles. The number of rotatable bonds is 1. The standard InChI is InChI=1S/C5H5NO4S/c7-4(8)3-1-11-2-6(3)5(9)10/h1H,2H2,(H,7,8)(H,9,10). The predicted octanol–water partition coefficient (Wildman–Crippen LogP) is 0.597. The molecule has 1 amide bonds. The van der Waals surface area contributed by atoms with Crippen molar-refractivity contribution in [2.75, 3.05) is 5.88 Å². The monoisotopic (exact) mass is 175 g/mol. The number of carboxylic acid groups (broad SMARTS) is 2. The van der Waals surface area contributed by atoms with Crippen molar-refractivity contribution >= 4 is 23.8 Å². The fourth-order valence-corrected chi connectivity index (χ4v) is 1.51. The Labute approximate surface area is 66.3 Å². The molecule has 0 bridgehead atoms. The molecule has 0 spiro atoms. The number of carboxylic acids is 1. The second kappa shape index (κ2) is 2.83. The first-order chi connectivity index (χ1) is 5.13. The Hall–Kier alpha value is -1.17. The molecule has 0 radical (unpaired) electrons. The highest BCUT2D eigenvalue weighted by atomic mass is 32.2. The zero-order valence-corrected chi connectivity index (χ0v) is 6.17. The minimum absolute atomic E-state index is 0.164. The summed E-state index contributed by atoms with van der Waals surface area (Å²) in [7, 11) is 0. The summed E-state index contributed by atoms with van der Waals surface area (Å²) in [5.41, 5.74) is -0.178. The molecule has 1 aliphatic rings. The number of aliphatic carboxylic acids is 1. The molecule has 1 aliphatic heterocycles. The van der Waals surface area contributed by atoms with Crippen molar-refractivity contribution in [3.8, 4) is 0 Å². The van der Waals surface area contributed by atoms with Gasteiger partial charge in [-0.25, -0.2) is 9.59 Å².